The summed E-state index contributed by atoms with van der Waals surface area (Å²) in [5, 5.41) is 10.1. The second kappa shape index (κ2) is 6.50. The van der Waals surface area contributed by atoms with Gasteiger partial charge in [0, 0.05) is 16.5 Å². The van der Waals surface area contributed by atoms with Gasteiger partial charge in [0.2, 0.25) is 0 Å². The first kappa shape index (κ1) is 15.9. The molecule has 1 N–H and O–H groups in total. The highest BCUT2D eigenvalue weighted by molar-refractivity contribution is 9.10. The SMILES string of the molecule is CC(c1ccccc1Cl)N(C)c1cccc(Br)c1C(=O)O. The lowest BCUT2D eigenvalue weighted by Gasteiger charge is -2.29. The third kappa shape index (κ3) is 3.22. The lowest BCUT2D eigenvalue weighted by molar-refractivity contribution is 0.0696. The van der Waals surface area contributed by atoms with Gasteiger partial charge in [0.05, 0.1) is 17.3 Å². The monoisotopic (exact) mass is 367 g/mol. The summed E-state index contributed by atoms with van der Waals surface area (Å²) in [5.74, 6) is -0.962. The van der Waals surface area contributed by atoms with Crippen LogP contribution in [0.2, 0.25) is 5.02 Å². The summed E-state index contributed by atoms with van der Waals surface area (Å²) in [4.78, 5) is 13.4. The fourth-order valence-electron chi connectivity index (χ4n) is 2.25. The fraction of sp³-hybridized carbons (Fsp3) is 0.188. The van der Waals surface area contributed by atoms with Gasteiger partial charge in [0.1, 0.15) is 0 Å². The van der Waals surface area contributed by atoms with Gasteiger partial charge in [0.25, 0.3) is 0 Å². The summed E-state index contributed by atoms with van der Waals surface area (Å²) in [7, 11) is 1.86. The first-order chi connectivity index (χ1) is 9.93. The quantitative estimate of drug-likeness (QED) is 0.825. The molecular weight excluding hydrogens is 354 g/mol. The second-order valence-electron chi connectivity index (χ2n) is 4.75. The maximum Gasteiger partial charge on any atom is 0.338 e. The molecule has 0 radical (unpaired) electrons. The largest absolute Gasteiger partial charge is 0.478 e. The number of rotatable bonds is 4. The maximum absolute atomic E-state index is 11.5. The van der Waals surface area contributed by atoms with Crippen molar-refractivity contribution >= 4 is 39.2 Å². The number of anilines is 1. The lowest BCUT2D eigenvalue weighted by atomic mass is 10.0. The smallest absolute Gasteiger partial charge is 0.338 e. The highest BCUT2D eigenvalue weighted by atomic mass is 79.9. The van der Waals surface area contributed by atoms with Crippen LogP contribution in [0.5, 0.6) is 0 Å². The summed E-state index contributed by atoms with van der Waals surface area (Å²) in [6.07, 6.45) is 0. The molecule has 2 rings (SSSR count). The first-order valence-corrected chi connectivity index (χ1v) is 7.59. The molecule has 1 atom stereocenters. The Balaban J connectivity index is 2.46. The molecular formula is C16H15BrClNO2. The first-order valence-electron chi connectivity index (χ1n) is 6.42. The van der Waals surface area contributed by atoms with Crippen LogP contribution in [0, 0.1) is 0 Å². The number of carboxylic acids is 1. The van der Waals surface area contributed by atoms with Crippen molar-refractivity contribution in [3.05, 3.63) is 63.1 Å². The van der Waals surface area contributed by atoms with Crippen LogP contribution in [0.15, 0.2) is 46.9 Å². The summed E-state index contributed by atoms with van der Waals surface area (Å²) in [6.45, 7) is 1.99. The van der Waals surface area contributed by atoms with Crippen molar-refractivity contribution < 1.29 is 9.90 Å². The van der Waals surface area contributed by atoms with E-state index in [4.69, 9.17) is 11.6 Å². The number of halogens is 2. The van der Waals surface area contributed by atoms with E-state index in [1.807, 2.05) is 49.2 Å². The minimum absolute atomic E-state index is 0.0499. The van der Waals surface area contributed by atoms with Crippen LogP contribution >= 0.6 is 27.5 Å². The molecule has 0 heterocycles. The molecule has 2 aromatic carbocycles. The van der Waals surface area contributed by atoms with Crippen LogP contribution in [0.4, 0.5) is 5.69 Å². The van der Waals surface area contributed by atoms with Crippen LogP contribution in [0.1, 0.15) is 28.9 Å². The van der Waals surface area contributed by atoms with Gasteiger partial charge in [-0.2, -0.15) is 0 Å². The van der Waals surface area contributed by atoms with Crippen LogP contribution in [0.3, 0.4) is 0 Å². The second-order valence-corrected chi connectivity index (χ2v) is 6.01. The number of carbonyl (C=O) groups is 1. The Morgan fingerprint density at radius 3 is 2.52 bits per heavy atom. The van der Waals surface area contributed by atoms with E-state index in [1.165, 1.54) is 0 Å². The standard InChI is InChI=1S/C16H15BrClNO2/c1-10(11-6-3-4-8-13(11)18)19(2)14-9-5-7-12(17)15(14)16(20)21/h3-10H,1-2H3,(H,20,21). The average molecular weight is 369 g/mol. The van der Waals surface area contributed by atoms with Gasteiger partial charge in [-0.05, 0) is 46.6 Å². The molecule has 0 amide bonds. The fourth-order valence-corrected chi connectivity index (χ4v) is 3.07. The Morgan fingerprint density at radius 2 is 1.90 bits per heavy atom. The number of nitrogens with zero attached hydrogens (tertiary/aromatic N) is 1. The van der Waals surface area contributed by atoms with Crippen LogP contribution in [0.25, 0.3) is 0 Å². The molecule has 0 saturated heterocycles. The number of hydrogen-bond donors (Lipinski definition) is 1. The molecule has 2 aromatic rings. The topological polar surface area (TPSA) is 40.5 Å². The molecule has 0 bridgehead atoms. The van der Waals surface area contributed by atoms with Crippen molar-refractivity contribution in [3.63, 3.8) is 0 Å². The molecule has 110 valence electrons. The molecule has 5 heteroatoms. The highest BCUT2D eigenvalue weighted by Crippen LogP contribution is 2.34. The van der Waals surface area contributed by atoms with E-state index >= 15 is 0 Å². The number of benzene rings is 2. The predicted octanol–water partition coefficient (Wildman–Crippen LogP) is 5.00. The molecule has 0 spiro atoms. The van der Waals surface area contributed by atoms with Gasteiger partial charge in [-0.15, -0.1) is 0 Å². The average Bonchev–Trinajstić information content (AvgIpc) is 2.45. The Morgan fingerprint density at radius 1 is 1.24 bits per heavy atom. The van der Waals surface area contributed by atoms with E-state index in [0.717, 1.165) is 5.56 Å². The minimum Gasteiger partial charge on any atom is -0.478 e. The van der Waals surface area contributed by atoms with E-state index in [0.29, 0.717) is 15.2 Å². The maximum atomic E-state index is 11.5. The number of aromatic carboxylic acids is 1. The lowest BCUT2D eigenvalue weighted by Crippen LogP contribution is -2.24. The van der Waals surface area contributed by atoms with Gasteiger partial charge in [0.15, 0.2) is 0 Å². The third-order valence-electron chi connectivity index (χ3n) is 3.52. The summed E-state index contributed by atoms with van der Waals surface area (Å²) in [6, 6.07) is 12.9. The Labute approximate surface area is 137 Å². The van der Waals surface area contributed by atoms with E-state index in [2.05, 4.69) is 15.9 Å². The van der Waals surface area contributed by atoms with Crippen molar-refractivity contribution in [2.45, 2.75) is 13.0 Å². The zero-order valence-corrected chi connectivity index (χ0v) is 14.0. The highest BCUT2D eigenvalue weighted by Gasteiger charge is 2.21. The third-order valence-corrected chi connectivity index (χ3v) is 4.53. The molecule has 0 fully saturated rings. The van der Waals surface area contributed by atoms with E-state index < -0.39 is 5.97 Å². The van der Waals surface area contributed by atoms with Crippen molar-refractivity contribution in [1.29, 1.82) is 0 Å². The van der Waals surface area contributed by atoms with Gasteiger partial charge in [-0.25, -0.2) is 4.79 Å². The van der Waals surface area contributed by atoms with E-state index in [-0.39, 0.29) is 11.6 Å². The van der Waals surface area contributed by atoms with Crippen molar-refractivity contribution in [2.75, 3.05) is 11.9 Å². The molecule has 0 aliphatic carbocycles. The molecule has 0 aliphatic heterocycles. The molecule has 21 heavy (non-hydrogen) atoms. The van der Waals surface area contributed by atoms with Gasteiger partial charge in [-0.3, -0.25) is 0 Å². The van der Waals surface area contributed by atoms with Gasteiger partial charge >= 0.3 is 5.97 Å². The van der Waals surface area contributed by atoms with Crippen molar-refractivity contribution in [1.82, 2.24) is 0 Å². The Kier molecular flexibility index (Phi) is 4.91. The summed E-state index contributed by atoms with van der Waals surface area (Å²) < 4.78 is 0.561. The van der Waals surface area contributed by atoms with Crippen LogP contribution in [-0.2, 0) is 0 Å². The molecule has 0 aliphatic rings. The Hall–Kier alpha value is -1.52. The van der Waals surface area contributed by atoms with Crippen LogP contribution in [-0.4, -0.2) is 18.1 Å². The van der Waals surface area contributed by atoms with Crippen LogP contribution < -0.4 is 4.90 Å². The summed E-state index contributed by atoms with van der Waals surface area (Å²) in [5.41, 5.74) is 1.85. The van der Waals surface area contributed by atoms with E-state index in [9.17, 15) is 9.90 Å². The van der Waals surface area contributed by atoms with Gasteiger partial charge < -0.3 is 10.0 Å². The minimum atomic E-state index is -0.962. The summed E-state index contributed by atoms with van der Waals surface area (Å²) >= 11 is 9.53. The molecule has 0 aromatic heterocycles. The predicted molar refractivity (Wildman–Crippen MR) is 89.4 cm³/mol. The Bertz CT molecular complexity index is 675. The van der Waals surface area contributed by atoms with Gasteiger partial charge in [-0.1, -0.05) is 35.9 Å². The number of carboxylic acid groups (broad SMARTS) is 1. The zero-order chi connectivity index (χ0) is 15.6. The molecule has 3 nitrogen and oxygen atoms in total. The van der Waals surface area contributed by atoms with E-state index in [1.54, 1.807) is 12.1 Å². The normalized spacial score (nSPS) is 12.0. The number of hydrogen-bond acceptors (Lipinski definition) is 2. The van der Waals surface area contributed by atoms with Crippen molar-refractivity contribution in [2.24, 2.45) is 0 Å². The molecule has 0 saturated carbocycles. The molecule has 1 unspecified atom stereocenters. The van der Waals surface area contributed by atoms with Crippen molar-refractivity contribution in [3.8, 4) is 0 Å². The zero-order valence-electron chi connectivity index (χ0n) is 11.7.